The van der Waals surface area contributed by atoms with Gasteiger partial charge in [0.2, 0.25) is 0 Å². The molecule has 5 heteroatoms. The van der Waals surface area contributed by atoms with Crippen molar-refractivity contribution in [1.29, 1.82) is 0 Å². The third-order valence-electron chi connectivity index (χ3n) is 2.90. The molecule has 2 rings (SSSR count). The summed E-state index contributed by atoms with van der Waals surface area (Å²) in [5.74, 6) is -0.931. The Bertz CT molecular complexity index is 618. The number of carboxylic acid groups (broad SMARTS) is 1. The van der Waals surface area contributed by atoms with Gasteiger partial charge in [0.05, 0.1) is 5.56 Å². The monoisotopic (exact) mass is 274 g/mol. The van der Waals surface area contributed by atoms with Gasteiger partial charge in [-0.2, -0.15) is 0 Å². The van der Waals surface area contributed by atoms with Crippen molar-refractivity contribution >= 4 is 17.7 Å². The standard InChI is InChI=1S/C14H14N2O2S/c1-8-9(2)15-14(16-10(8)3)19-12-6-4-5-11(7-12)13(17)18/h4-7H,1-3H3,(H,17,18). The van der Waals surface area contributed by atoms with Crippen molar-refractivity contribution in [2.45, 2.75) is 30.8 Å². The predicted molar refractivity (Wildman–Crippen MR) is 73.8 cm³/mol. The van der Waals surface area contributed by atoms with E-state index in [4.69, 9.17) is 5.11 Å². The van der Waals surface area contributed by atoms with Crippen molar-refractivity contribution < 1.29 is 9.90 Å². The van der Waals surface area contributed by atoms with E-state index in [9.17, 15) is 4.79 Å². The molecular formula is C14H14N2O2S. The normalized spacial score (nSPS) is 10.5. The van der Waals surface area contributed by atoms with E-state index in [0.29, 0.717) is 5.16 Å². The molecule has 0 unspecified atom stereocenters. The van der Waals surface area contributed by atoms with Crippen molar-refractivity contribution in [1.82, 2.24) is 9.97 Å². The van der Waals surface area contributed by atoms with Crippen LogP contribution in [0.15, 0.2) is 34.3 Å². The van der Waals surface area contributed by atoms with Crippen LogP contribution in [-0.4, -0.2) is 21.0 Å². The highest BCUT2D eigenvalue weighted by Crippen LogP contribution is 2.26. The summed E-state index contributed by atoms with van der Waals surface area (Å²) < 4.78 is 0. The maximum Gasteiger partial charge on any atom is 0.335 e. The molecule has 19 heavy (non-hydrogen) atoms. The molecule has 0 fully saturated rings. The molecule has 0 amide bonds. The second-order valence-electron chi connectivity index (χ2n) is 4.24. The molecule has 0 saturated carbocycles. The molecule has 1 aromatic carbocycles. The van der Waals surface area contributed by atoms with Crippen LogP contribution in [0.5, 0.6) is 0 Å². The van der Waals surface area contributed by atoms with E-state index in [1.165, 1.54) is 11.8 Å². The van der Waals surface area contributed by atoms with E-state index in [0.717, 1.165) is 21.8 Å². The van der Waals surface area contributed by atoms with Crippen LogP contribution in [0.1, 0.15) is 27.3 Å². The third kappa shape index (κ3) is 3.12. The van der Waals surface area contributed by atoms with Gasteiger partial charge >= 0.3 is 5.97 Å². The van der Waals surface area contributed by atoms with Crippen LogP contribution in [-0.2, 0) is 0 Å². The topological polar surface area (TPSA) is 63.1 Å². The van der Waals surface area contributed by atoms with Crippen LogP contribution in [0, 0.1) is 20.8 Å². The summed E-state index contributed by atoms with van der Waals surface area (Å²) in [5.41, 5.74) is 3.25. The van der Waals surface area contributed by atoms with Crippen LogP contribution in [0.4, 0.5) is 0 Å². The Morgan fingerprint density at radius 1 is 1.16 bits per heavy atom. The van der Waals surface area contributed by atoms with Crippen molar-refractivity contribution in [3.8, 4) is 0 Å². The molecule has 0 atom stereocenters. The highest BCUT2D eigenvalue weighted by Gasteiger charge is 2.08. The number of carbonyl (C=O) groups is 1. The number of aryl methyl sites for hydroxylation is 2. The third-order valence-corrected chi connectivity index (χ3v) is 3.76. The minimum atomic E-state index is -0.931. The molecule has 98 valence electrons. The molecule has 4 nitrogen and oxygen atoms in total. The smallest absolute Gasteiger partial charge is 0.335 e. The Morgan fingerprint density at radius 2 is 1.79 bits per heavy atom. The van der Waals surface area contributed by atoms with Crippen molar-refractivity contribution in [3.63, 3.8) is 0 Å². The number of benzene rings is 1. The maximum absolute atomic E-state index is 10.9. The van der Waals surface area contributed by atoms with E-state index in [1.807, 2.05) is 26.8 Å². The maximum atomic E-state index is 10.9. The molecule has 2 aromatic rings. The number of rotatable bonds is 3. The van der Waals surface area contributed by atoms with Gasteiger partial charge in [-0.3, -0.25) is 0 Å². The average Bonchev–Trinajstić information content (AvgIpc) is 2.36. The van der Waals surface area contributed by atoms with Gasteiger partial charge in [0.25, 0.3) is 0 Å². The lowest BCUT2D eigenvalue weighted by Crippen LogP contribution is -1.98. The van der Waals surface area contributed by atoms with E-state index in [2.05, 4.69) is 9.97 Å². The lowest BCUT2D eigenvalue weighted by atomic mass is 10.2. The first kappa shape index (κ1) is 13.5. The lowest BCUT2D eigenvalue weighted by molar-refractivity contribution is 0.0696. The SMILES string of the molecule is Cc1nc(Sc2cccc(C(=O)O)c2)nc(C)c1C. The highest BCUT2D eigenvalue weighted by atomic mass is 32.2. The molecule has 0 saturated heterocycles. The number of hydrogen-bond acceptors (Lipinski definition) is 4. The Kier molecular flexibility index (Phi) is 3.85. The molecule has 0 spiro atoms. The first-order valence-electron chi connectivity index (χ1n) is 5.80. The van der Waals surface area contributed by atoms with Gasteiger partial charge in [0.1, 0.15) is 0 Å². The number of aromatic nitrogens is 2. The van der Waals surface area contributed by atoms with E-state index < -0.39 is 5.97 Å². The summed E-state index contributed by atoms with van der Waals surface area (Å²) in [6, 6.07) is 6.77. The Morgan fingerprint density at radius 3 is 2.37 bits per heavy atom. The number of nitrogens with zero attached hydrogens (tertiary/aromatic N) is 2. The van der Waals surface area contributed by atoms with Crippen LogP contribution in [0.2, 0.25) is 0 Å². The van der Waals surface area contributed by atoms with E-state index in [-0.39, 0.29) is 5.56 Å². The summed E-state index contributed by atoms with van der Waals surface area (Å²) in [6.45, 7) is 5.88. The second-order valence-corrected chi connectivity index (χ2v) is 5.28. The zero-order valence-corrected chi connectivity index (χ0v) is 11.8. The Hall–Kier alpha value is -1.88. The zero-order valence-electron chi connectivity index (χ0n) is 11.0. The highest BCUT2D eigenvalue weighted by molar-refractivity contribution is 7.99. The molecule has 1 aromatic heterocycles. The second kappa shape index (κ2) is 5.40. The van der Waals surface area contributed by atoms with Crippen LogP contribution in [0.25, 0.3) is 0 Å². The molecule has 0 aliphatic rings. The van der Waals surface area contributed by atoms with Crippen molar-refractivity contribution in [3.05, 3.63) is 46.8 Å². The van der Waals surface area contributed by atoms with Crippen LogP contribution >= 0.6 is 11.8 Å². The van der Waals surface area contributed by atoms with Gasteiger partial charge in [0.15, 0.2) is 5.16 Å². The van der Waals surface area contributed by atoms with Crippen molar-refractivity contribution in [2.75, 3.05) is 0 Å². The molecule has 0 aliphatic carbocycles. The Balaban J connectivity index is 2.31. The fourth-order valence-corrected chi connectivity index (χ4v) is 2.49. The van der Waals surface area contributed by atoms with Crippen LogP contribution < -0.4 is 0 Å². The minimum absolute atomic E-state index is 0.269. The molecule has 1 N–H and O–H groups in total. The van der Waals surface area contributed by atoms with Gasteiger partial charge in [-0.05, 0) is 56.3 Å². The Labute approximate surface area is 115 Å². The van der Waals surface area contributed by atoms with Gasteiger partial charge in [-0.15, -0.1) is 0 Å². The molecule has 1 heterocycles. The summed E-state index contributed by atoms with van der Waals surface area (Å²) in [5, 5.41) is 9.60. The van der Waals surface area contributed by atoms with Crippen molar-refractivity contribution in [2.24, 2.45) is 0 Å². The van der Waals surface area contributed by atoms with Gasteiger partial charge in [0, 0.05) is 16.3 Å². The first-order valence-corrected chi connectivity index (χ1v) is 6.62. The fraction of sp³-hybridized carbons (Fsp3) is 0.214. The van der Waals surface area contributed by atoms with Crippen LogP contribution in [0.3, 0.4) is 0 Å². The predicted octanol–water partition coefficient (Wildman–Crippen LogP) is 3.25. The van der Waals surface area contributed by atoms with Gasteiger partial charge in [-0.1, -0.05) is 6.07 Å². The quantitative estimate of drug-likeness (QED) is 0.870. The number of aromatic carboxylic acids is 1. The zero-order chi connectivity index (χ0) is 14.0. The largest absolute Gasteiger partial charge is 0.478 e. The molecule has 0 radical (unpaired) electrons. The summed E-state index contributed by atoms with van der Waals surface area (Å²) in [7, 11) is 0. The number of hydrogen-bond donors (Lipinski definition) is 1. The molecular weight excluding hydrogens is 260 g/mol. The lowest BCUT2D eigenvalue weighted by Gasteiger charge is -2.07. The summed E-state index contributed by atoms with van der Waals surface area (Å²) in [6.07, 6.45) is 0. The summed E-state index contributed by atoms with van der Waals surface area (Å²) >= 11 is 1.37. The van der Waals surface area contributed by atoms with Gasteiger partial charge in [-0.25, -0.2) is 14.8 Å². The molecule has 0 aliphatic heterocycles. The van der Waals surface area contributed by atoms with Gasteiger partial charge < -0.3 is 5.11 Å². The first-order chi connectivity index (χ1) is 8.97. The minimum Gasteiger partial charge on any atom is -0.478 e. The molecule has 0 bridgehead atoms. The summed E-state index contributed by atoms with van der Waals surface area (Å²) in [4.78, 5) is 20.6. The number of carboxylic acids is 1. The fourth-order valence-electron chi connectivity index (χ4n) is 1.59. The average molecular weight is 274 g/mol. The van der Waals surface area contributed by atoms with E-state index in [1.54, 1.807) is 18.2 Å². The van der Waals surface area contributed by atoms with E-state index >= 15 is 0 Å².